The van der Waals surface area contributed by atoms with Gasteiger partial charge in [0.05, 0.1) is 16.9 Å². The number of anilines is 3. The van der Waals surface area contributed by atoms with Crippen LogP contribution < -0.4 is 21.7 Å². The maximum Gasteiger partial charge on any atom is 0.325 e. The lowest BCUT2D eigenvalue weighted by Gasteiger charge is -2.08. The number of rotatable bonds is 7. The summed E-state index contributed by atoms with van der Waals surface area (Å²) in [5, 5.41) is 10.3. The molecule has 0 saturated heterocycles. The molecule has 0 bridgehead atoms. The molecule has 4 amide bonds. The average Bonchev–Trinajstić information content (AvgIpc) is 3.14. The van der Waals surface area contributed by atoms with E-state index in [0.717, 1.165) is 0 Å². The minimum atomic E-state index is -0.607. The fourth-order valence-corrected chi connectivity index (χ4v) is 3.26. The van der Waals surface area contributed by atoms with E-state index in [0.29, 0.717) is 28.6 Å². The third-order valence-corrected chi connectivity index (χ3v) is 4.69. The van der Waals surface area contributed by atoms with Gasteiger partial charge in [-0.2, -0.15) is 0 Å². The summed E-state index contributed by atoms with van der Waals surface area (Å²) < 4.78 is 0. The second-order valence-electron chi connectivity index (χ2n) is 6.05. The Hall–Kier alpha value is -3.72. The van der Waals surface area contributed by atoms with E-state index in [-0.39, 0.29) is 17.9 Å². The molecule has 5 N–H and O–H groups in total. The number of nitrogens with zero attached hydrogens (tertiary/aromatic N) is 1. The van der Waals surface area contributed by atoms with Gasteiger partial charge in [0.25, 0.3) is 5.91 Å². The topological polar surface area (TPSA) is 126 Å². The molecule has 0 aliphatic heterocycles. The molecule has 0 spiro atoms. The van der Waals surface area contributed by atoms with Gasteiger partial charge < -0.3 is 16.4 Å². The third-order valence-electron chi connectivity index (χ3n) is 3.88. The number of carbonyl (C=O) groups excluding carboxylic acids is 3. The Morgan fingerprint density at radius 3 is 2.41 bits per heavy atom. The third kappa shape index (κ3) is 5.88. The van der Waals surface area contributed by atoms with Crippen molar-refractivity contribution in [1.29, 1.82) is 0 Å². The minimum Gasteiger partial charge on any atom is -0.366 e. The predicted molar refractivity (Wildman–Crippen MR) is 113 cm³/mol. The number of para-hydroxylation sites is 2. The number of carbonyl (C=O) groups is 3. The van der Waals surface area contributed by atoms with Gasteiger partial charge in [-0.3, -0.25) is 14.9 Å². The maximum atomic E-state index is 12.2. The Bertz CT molecular complexity index is 1020. The molecule has 0 fully saturated rings. The van der Waals surface area contributed by atoms with Gasteiger partial charge in [-0.05, 0) is 30.7 Å². The van der Waals surface area contributed by atoms with Gasteiger partial charge >= 0.3 is 6.03 Å². The molecule has 0 unspecified atom stereocenters. The molecular weight excluding hydrogens is 390 g/mol. The second kappa shape index (κ2) is 9.47. The number of benzene rings is 2. The molecule has 2 aromatic carbocycles. The van der Waals surface area contributed by atoms with Crippen LogP contribution >= 0.6 is 11.3 Å². The predicted octanol–water partition coefficient (Wildman–Crippen LogP) is 3.46. The second-order valence-corrected chi connectivity index (χ2v) is 6.91. The molecule has 9 heteroatoms. The molecule has 8 nitrogen and oxygen atoms in total. The first-order valence-corrected chi connectivity index (χ1v) is 9.65. The Morgan fingerprint density at radius 1 is 0.931 bits per heavy atom. The first-order valence-electron chi connectivity index (χ1n) is 8.77. The number of hydrogen-bond acceptors (Lipinski definition) is 5. The molecule has 0 saturated carbocycles. The standard InChI is InChI=1S/C20H19N5O3S/c21-18(27)15-8-4-5-9-16(15)24-17(26)11-10-14-12-29-20(23-14)25-19(28)22-13-6-2-1-3-7-13/h1-9,12H,10-11H2,(H2,21,27)(H,24,26)(H2,22,23,25,28). The summed E-state index contributed by atoms with van der Waals surface area (Å²) in [4.78, 5) is 39.9. The molecule has 29 heavy (non-hydrogen) atoms. The largest absolute Gasteiger partial charge is 0.366 e. The Kier molecular flexibility index (Phi) is 6.54. The lowest BCUT2D eigenvalue weighted by atomic mass is 10.1. The van der Waals surface area contributed by atoms with Crippen LogP contribution in [0.3, 0.4) is 0 Å². The molecule has 1 heterocycles. The summed E-state index contributed by atoms with van der Waals surface area (Å²) in [5.41, 5.74) is 7.30. The van der Waals surface area contributed by atoms with Crippen molar-refractivity contribution in [3.05, 3.63) is 71.2 Å². The first kappa shape index (κ1) is 20.0. The number of nitrogens with one attached hydrogen (secondary N) is 3. The van der Waals surface area contributed by atoms with E-state index in [1.807, 2.05) is 18.2 Å². The summed E-state index contributed by atoms with van der Waals surface area (Å²) in [5.74, 6) is -0.868. The van der Waals surface area contributed by atoms with Crippen molar-refractivity contribution in [2.75, 3.05) is 16.0 Å². The van der Waals surface area contributed by atoms with Crippen LogP contribution in [0.15, 0.2) is 60.0 Å². The number of aromatic nitrogens is 1. The van der Waals surface area contributed by atoms with Gasteiger partial charge in [0.15, 0.2) is 5.13 Å². The van der Waals surface area contributed by atoms with Crippen LogP contribution in [-0.2, 0) is 11.2 Å². The zero-order valence-electron chi connectivity index (χ0n) is 15.3. The van der Waals surface area contributed by atoms with Gasteiger partial charge in [0, 0.05) is 17.5 Å². The molecule has 0 aliphatic carbocycles. The van der Waals surface area contributed by atoms with E-state index in [2.05, 4.69) is 20.9 Å². The zero-order valence-corrected chi connectivity index (χ0v) is 16.2. The highest BCUT2D eigenvalue weighted by atomic mass is 32.1. The minimum absolute atomic E-state index is 0.173. The van der Waals surface area contributed by atoms with Crippen molar-refractivity contribution < 1.29 is 14.4 Å². The summed E-state index contributed by atoms with van der Waals surface area (Å²) >= 11 is 1.27. The molecule has 0 radical (unpaired) electrons. The number of primary amides is 1. The summed E-state index contributed by atoms with van der Waals surface area (Å²) in [7, 11) is 0. The summed E-state index contributed by atoms with van der Waals surface area (Å²) in [6, 6.07) is 15.2. The zero-order chi connectivity index (χ0) is 20.6. The van der Waals surface area contributed by atoms with Gasteiger partial charge in [-0.25, -0.2) is 9.78 Å². The lowest BCUT2D eigenvalue weighted by molar-refractivity contribution is -0.116. The van der Waals surface area contributed by atoms with Crippen LogP contribution in [0, 0.1) is 0 Å². The number of hydrogen-bond donors (Lipinski definition) is 4. The van der Waals surface area contributed by atoms with Crippen molar-refractivity contribution in [3.8, 4) is 0 Å². The number of nitrogens with two attached hydrogens (primary N) is 1. The molecular formula is C20H19N5O3S. The Morgan fingerprint density at radius 2 is 1.66 bits per heavy atom. The van der Waals surface area contributed by atoms with E-state index >= 15 is 0 Å². The van der Waals surface area contributed by atoms with Crippen LogP contribution in [0.5, 0.6) is 0 Å². The lowest BCUT2D eigenvalue weighted by Crippen LogP contribution is -2.19. The fraction of sp³-hybridized carbons (Fsp3) is 0.100. The van der Waals surface area contributed by atoms with Crippen LogP contribution in [0.4, 0.5) is 21.3 Å². The molecule has 0 aliphatic rings. The van der Waals surface area contributed by atoms with E-state index in [1.54, 1.807) is 41.8 Å². The fourth-order valence-electron chi connectivity index (χ4n) is 2.52. The van der Waals surface area contributed by atoms with Gasteiger partial charge in [-0.1, -0.05) is 30.3 Å². The maximum absolute atomic E-state index is 12.2. The number of aryl methyl sites for hydroxylation is 1. The SMILES string of the molecule is NC(=O)c1ccccc1NC(=O)CCc1csc(NC(=O)Nc2ccccc2)n1. The van der Waals surface area contributed by atoms with Crippen molar-refractivity contribution in [1.82, 2.24) is 4.98 Å². The van der Waals surface area contributed by atoms with Crippen LogP contribution in [0.2, 0.25) is 0 Å². The van der Waals surface area contributed by atoms with Crippen molar-refractivity contribution in [2.45, 2.75) is 12.8 Å². The Balaban J connectivity index is 1.49. The number of urea groups is 1. The van der Waals surface area contributed by atoms with Crippen molar-refractivity contribution >= 4 is 45.7 Å². The highest BCUT2D eigenvalue weighted by Gasteiger charge is 2.12. The first-order chi connectivity index (χ1) is 14.0. The van der Waals surface area contributed by atoms with Gasteiger partial charge in [0.2, 0.25) is 5.91 Å². The molecule has 3 rings (SSSR count). The van der Waals surface area contributed by atoms with Gasteiger partial charge in [0.1, 0.15) is 0 Å². The van der Waals surface area contributed by atoms with Crippen LogP contribution in [-0.4, -0.2) is 22.8 Å². The number of thiazole rings is 1. The monoisotopic (exact) mass is 409 g/mol. The van der Waals surface area contributed by atoms with Crippen molar-refractivity contribution in [3.63, 3.8) is 0 Å². The smallest absolute Gasteiger partial charge is 0.325 e. The van der Waals surface area contributed by atoms with Crippen LogP contribution in [0.1, 0.15) is 22.5 Å². The molecule has 148 valence electrons. The van der Waals surface area contributed by atoms with E-state index < -0.39 is 11.9 Å². The summed E-state index contributed by atoms with van der Waals surface area (Å²) in [6.45, 7) is 0. The summed E-state index contributed by atoms with van der Waals surface area (Å²) in [6.07, 6.45) is 0.565. The Labute approximate surface area is 171 Å². The normalized spacial score (nSPS) is 10.2. The molecule has 3 aromatic rings. The highest BCUT2D eigenvalue weighted by molar-refractivity contribution is 7.13. The molecule has 1 aromatic heterocycles. The van der Waals surface area contributed by atoms with Crippen LogP contribution in [0.25, 0.3) is 0 Å². The van der Waals surface area contributed by atoms with Gasteiger partial charge in [-0.15, -0.1) is 11.3 Å². The average molecular weight is 409 g/mol. The van der Waals surface area contributed by atoms with E-state index in [4.69, 9.17) is 5.73 Å². The quantitative estimate of drug-likeness (QED) is 0.477. The van der Waals surface area contributed by atoms with E-state index in [1.165, 1.54) is 11.3 Å². The van der Waals surface area contributed by atoms with E-state index in [9.17, 15) is 14.4 Å². The number of amides is 4. The highest BCUT2D eigenvalue weighted by Crippen LogP contribution is 2.18. The van der Waals surface area contributed by atoms with Crippen molar-refractivity contribution in [2.24, 2.45) is 5.73 Å². The molecule has 0 atom stereocenters.